The Morgan fingerprint density at radius 1 is 0.900 bits per heavy atom. The molecule has 0 radical (unpaired) electrons. The zero-order valence-corrected chi connectivity index (χ0v) is 13.0. The number of ether oxygens (including phenoxy) is 1. The Bertz CT molecular complexity index is 213. The number of hydrogen-bond donors (Lipinski definition) is 3. The summed E-state index contributed by atoms with van der Waals surface area (Å²) < 4.78 is 5.28. The molecule has 0 fully saturated rings. The van der Waals surface area contributed by atoms with Crippen molar-refractivity contribution in [1.82, 2.24) is 10.6 Å². The van der Waals surface area contributed by atoms with Crippen LogP contribution >= 0.6 is 0 Å². The lowest BCUT2D eigenvalue weighted by Crippen LogP contribution is -2.27. The normalized spacial score (nSPS) is 10.7. The van der Waals surface area contributed by atoms with E-state index in [1.54, 1.807) is 0 Å². The maximum atomic E-state index is 10.2. The maximum absolute atomic E-state index is 10.2. The number of rotatable bonds is 15. The van der Waals surface area contributed by atoms with Gasteiger partial charge in [-0.2, -0.15) is 0 Å². The van der Waals surface area contributed by atoms with Crippen molar-refractivity contribution in [3.8, 4) is 0 Å². The summed E-state index contributed by atoms with van der Waals surface area (Å²) >= 11 is 0. The first kappa shape index (κ1) is 19.2. The smallest absolute Gasteiger partial charge is 0.404 e. The second kappa shape index (κ2) is 16.2. The van der Waals surface area contributed by atoms with Crippen molar-refractivity contribution >= 4 is 6.09 Å². The maximum Gasteiger partial charge on any atom is 0.404 e. The average Bonchev–Trinajstić information content (AvgIpc) is 2.43. The van der Waals surface area contributed by atoms with E-state index in [9.17, 15) is 4.79 Å². The van der Waals surface area contributed by atoms with E-state index in [1.807, 2.05) is 0 Å². The van der Waals surface area contributed by atoms with E-state index in [-0.39, 0.29) is 0 Å². The number of amides is 1. The van der Waals surface area contributed by atoms with Gasteiger partial charge in [0.2, 0.25) is 0 Å². The van der Waals surface area contributed by atoms with Gasteiger partial charge in [-0.1, -0.05) is 51.9 Å². The SMILES string of the molecule is CCCCCCCCCCNCCOCCNC(=O)O. The van der Waals surface area contributed by atoms with Crippen LogP contribution in [-0.4, -0.2) is 44.0 Å². The van der Waals surface area contributed by atoms with Gasteiger partial charge in [0.25, 0.3) is 0 Å². The van der Waals surface area contributed by atoms with Crippen LogP contribution in [0.15, 0.2) is 0 Å². The molecule has 3 N–H and O–H groups in total. The fourth-order valence-electron chi connectivity index (χ4n) is 1.99. The summed E-state index contributed by atoms with van der Waals surface area (Å²) in [5.74, 6) is 0. The Labute approximate surface area is 123 Å². The summed E-state index contributed by atoms with van der Waals surface area (Å²) in [6.45, 7) is 5.56. The minimum atomic E-state index is -0.999. The summed E-state index contributed by atoms with van der Waals surface area (Å²) in [4.78, 5) is 10.2. The molecule has 0 aromatic carbocycles. The predicted octanol–water partition coefficient (Wildman–Crippen LogP) is 3.00. The summed E-state index contributed by atoms with van der Waals surface area (Å²) in [5, 5.41) is 13.9. The number of unbranched alkanes of at least 4 members (excludes halogenated alkanes) is 7. The van der Waals surface area contributed by atoms with Gasteiger partial charge >= 0.3 is 6.09 Å². The topological polar surface area (TPSA) is 70.6 Å². The number of carbonyl (C=O) groups is 1. The molecule has 0 unspecified atom stereocenters. The molecule has 5 heteroatoms. The zero-order valence-electron chi connectivity index (χ0n) is 13.0. The van der Waals surface area contributed by atoms with Crippen LogP contribution in [0.25, 0.3) is 0 Å². The van der Waals surface area contributed by atoms with Gasteiger partial charge in [0.1, 0.15) is 0 Å². The molecule has 20 heavy (non-hydrogen) atoms. The van der Waals surface area contributed by atoms with Crippen molar-refractivity contribution in [3.63, 3.8) is 0 Å². The molecule has 0 aromatic rings. The van der Waals surface area contributed by atoms with Gasteiger partial charge in [-0.3, -0.25) is 0 Å². The summed E-state index contributed by atoms with van der Waals surface area (Å²) in [6, 6.07) is 0. The molecule has 0 aliphatic carbocycles. The van der Waals surface area contributed by atoms with Gasteiger partial charge in [0.15, 0.2) is 0 Å². The molecule has 0 saturated heterocycles. The quantitative estimate of drug-likeness (QED) is 0.405. The standard InChI is InChI=1S/C15H32N2O3/c1-2-3-4-5-6-7-8-9-10-16-11-13-20-14-12-17-15(18)19/h16-17H,2-14H2,1H3,(H,18,19). The second-order valence-electron chi connectivity index (χ2n) is 5.07. The van der Waals surface area contributed by atoms with E-state index < -0.39 is 6.09 Å². The third-order valence-electron chi connectivity index (χ3n) is 3.15. The molecule has 0 aliphatic heterocycles. The first-order valence-corrected chi connectivity index (χ1v) is 8.02. The molecule has 5 nitrogen and oxygen atoms in total. The van der Waals surface area contributed by atoms with Crippen LogP contribution in [0.3, 0.4) is 0 Å². The van der Waals surface area contributed by atoms with E-state index in [2.05, 4.69) is 17.6 Å². The number of nitrogens with one attached hydrogen (secondary N) is 2. The number of hydrogen-bond acceptors (Lipinski definition) is 3. The third kappa shape index (κ3) is 17.2. The first-order valence-electron chi connectivity index (χ1n) is 8.02. The average molecular weight is 288 g/mol. The molecule has 0 aliphatic rings. The van der Waals surface area contributed by atoms with Crippen molar-refractivity contribution in [2.75, 3.05) is 32.8 Å². The van der Waals surface area contributed by atoms with Gasteiger partial charge in [0, 0.05) is 13.1 Å². The fraction of sp³-hybridized carbons (Fsp3) is 0.933. The van der Waals surface area contributed by atoms with Gasteiger partial charge in [-0.15, -0.1) is 0 Å². The monoisotopic (exact) mass is 288 g/mol. The van der Waals surface area contributed by atoms with E-state index in [0.717, 1.165) is 13.1 Å². The van der Waals surface area contributed by atoms with E-state index in [4.69, 9.17) is 9.84 Å². The van der Waals surface area contributed by atoms with Crippen molar-refractivity contribution in [1.29, 1.82) is 0 Å². The van der Waals surface area contributed by atoms with Crippen molar-refractivity contribution in [2.45, 2.75) is 58.3 Å². The Morgan fingerprint density at radius 3 is 2.15 bits per heavy atom. The van der Waals surface area contributed by atoms with Crippen LogP contribution in [0, 0.1) is 0 Å². The lowest BCUT2D eigenvalue weighted by atomic mass is 10.1. The molecule has 0 spiro atoms. The van der Waals surface area contributed by atoms with E-state index in [0.29, 0.717) is 19.8 Å². The number of carboxylic acid groups (broad SMARTS) is 1. The lowest BCUT2D eigenvalue weighted by Gasteiger charge is -2.06. The fourth-order valence-corrected chi connectivity index (χ4v) is 1.99. The predicted molar refractivity (Wildman–Crippen MR) is 82.3 cm³/mol. The highest BCUT2D eigenvalue weighted by atomic mass is 16.5. The molecule has 0 bridgehead atoms. The molecule has 0 aromatic heterocycles. The highest BCUT2D eigenvalue weighted by Gasteiger charge is 1.94. The van der Waals surface area contributed by atoms with Crippen LogP contribution < -0.4 is 10.6 Å². The Balaban J connectivity index is 2.94. The summed E-state index contributed by atoms with van der Waals surface area (Å²) in [7, 11) is 0. The van der Waals surface area contributed by atoms with Crippen LogP contribution in [0.2, 0.25) is 0 Å². The molecule has 1 amide bonds. The van der Waals surface area contributed by atoms with Crippen LogP contribution in [0.4, 0.5) is 4.79 Å². The minimum absolute atomic E-state index is 0.355. The molecule has 0 saturated carbocycles. The van der Waals surface area contributed by atoms with Crippen molar-refractivity contribution in [2.24, 2.45) is 0 Å². The van der Waals surface area contributed by atoms with Gasteiger partial charge in [0.05, 0.1) is 13.2 Å². The van der Waals surface area contributed by atoms with E-state index in [1.165, 1.54) is 51.4 Å². The molecule has 0 atom stereocenters. The van der Waals surface area contributed by atoms with Crippen LogP contribution in [-0.2, 0) is 4.74 Å². The molecular formula is C15H32N2O3. The molecule has 0 rings (SSSR count). The Hall–Kier alpha value is -0.810. The summed E-state index contributed by atoms with van der Waals surface area (Å²) in [5.41, 5.74) is 0. The van der Waals surface area contributed by atoms with Gasteiger partial charge in [-0.25, -0.2) is 4.79 Å². The van der Waals surface area contributed by atoms with Gasteiger partial charge in [-0.05, 0) is 13.0 Å². The Morgan fingerprint density at radius 2 is 1.50 bits per heavy atom. The Kier molecular flexibility index (Phi) is 15.6. The van der Waals surface area contributed by atoms with Crippen LogP contribution in [0.5, 0.6) is 0 Å². The first-order chi connectivity index (χ1) is 9.77. The van der Waals surface area contributed by atoms with Crippen molar-refractivity contribution < 1.29 is 14.6 Å². The second-order valence-corrected chi connectivity index (χ2v) is 5.07. The molecular weight excluding hydrogens is 256 g/mol. The minimum Gasteiger partial charge on any atom is -0.465 e. The van der Waals surface area contributed by atoms with E-state index >= 15 is 0 Å². The molecule has 0 heterocycles. The third-order valence-corrected chi connectivity index (χ3v) is 3.15. The highest BCUT2D eigenvalue weighted by Crippen LogP contribution is 2.07. The molecule has 120 valence electrons. The largest absolute Gasteiger partial charge is 0.465 e. The summed E-state index contributed by atoms with van der Waals surface area (Å²) in [6.07, 6.45) is 9.74. The van der Waals surface area contributed by atoms with Gasteiger partial charge < -0.3 is 20.5 Å². The van der Waals surface area contributed by atoms with Crippen LogP contribution in [0.1, 0.15) is 58.3 Å². The zero-order chi connectivity index (χ0) is 14.9. The highest BCUT2D eigenvalue weighted by molar-refractivity contribution is 5.64. The lowest BCUT2D eigenvalue weighted by molar-refractivity contribution is 0.134. The van der Waals surface area contributed by atoms with Crippen molar-refractivity contribution in [3.05, 3.63) is 0 Å².